The van der Waals surface area contributed by atoms with Crippen LogP contribution in [0.3, 0.4) is 0 Å². The van der Waals surface area contributed by atoms with E-state index in [9.17, 15) is 9.59 Å². The number of nitrogens with one attached hydrogen (secondary N) is 2. The van der Waals surface area contributed by atoms with Crippen molar-refractivity contribution in [2.45, 2.75) is 13.3 Å². The van der Waals surface area contributed by atoms with E-state index < -0.39 is 11.9 Å². The average molecular weight is 287 g/mol. The standard InChI is InChI=1S/C15H17N3O3/c1-3-8-18-13(16)12(14(19)17-15(18)20)9-10-4-6-11(21-2)7-5-10/h4-7,9,16H,3,8H2,1-2H3,(H,17,19,20). The molecule has 6 heteroatoms. The van der Waals surface area contributed by atoms with Crippen molar-refractivity contribution in [3.05, 3.63) is 35.4 Å². The van der Waals surface area contributed by atoms with Crippen LogP contribution in [0.15, 0.2) is 29.8 Å². The Bertz CT molecular complexity index is 605. The molecule has 110 valence electrons. The molecule has 1 heterocycles. The van der Waals surface area contributed by atoms with E-state index in [0.717, 1.165) is 5.56 Å². The normalized spacial score (nSPS) is 17.1. The van der Waals surface area contributed by atoms with E-state index in [1.165, 1.54) is 4.90 Å². The molecule has 1 aliphatic rings. The number of rotatable bonds is 4. The largest absolute Gasteiger partial charge is 0.497 e. The van der Waals surface area contributed by atoms with Crippen LogP contribution in [0.25, 0.3) is 6.08 Å². The number of carbonyl (C=O) groups is 2. The lowest BCUT2D eigenvalue weighted by molar-refractivity contribution is -0.116. The first-order chi connectivity index (χ1) is 10.1. The van der Waals surface area contributed by atoms with Crippen LogP contribution in [-0.2, 0) is 4.79 Å². The highest BCUT2D eigenvalue weighted by Gasteiger charge is 2.32. The zero-order chi connectivity index (χ0) is 15.4. The molecule has 0 bridgehead atoms. The van der Waals surface area contributed by atoms with Crippen molar-refractivity contribution < 1.29 is 14.3 Å². The Balaban J connectivity index is 2.30. The van der Waals surface area contributed by atoms with E-state index in [4.69, 9.17) is 10.1 Å². The highest BCUT2D eigenvalue weighted by atomic mass is 16.5. The number of amidine groups is 1. The number of hydrogen-bond donors (Lipinski definition) is 2. The fraction of sp³-hybridized carbons (Fsp3) is 0.267. The van der Waals surface area contributed by atoms with Crippen molar-refractivity contribution in [1.29, 1.82) is 5.41 Å². The smallest absolute Gasteiger partial charge is 0.329 e. The second-order valence-corrected chi connectivity index (χ2v) is 4.59. The van der Waals surface area contributed by atoms with Gasteiger partial charge in [-0.15, -0.1) is 0 Å². The summed E-state index contributed by atoms with van der Waals surface area (Å²) < 4.78 is 5.07. The van der Waals surface area contributed by atoms with Crippen LogP contribution in [0.2, 0.25) is 0 Å². The summed E-state index contributed by atoms with van der Waals surface area (Å²) >= 11 is 0. The maximum Gasteiger partial charge on any atom is 0.329 e. The Morgan fingerprint density at radius 3 is 2.52 bits per heavy atom. The molecule has 0 unspecified atom stereocenters. The quantitative estimate of drug-likeness (QED) is 0.831. The summed E-state index contributed by atoms with van der Waals surface area (Å²) in [6.45, 7) is 2.31. The molecule has 0 aromatic heterocycles. The van der Waals surface area contributed by atoms with Gasteiger partial charge in [0.15, 0.2) is 0 Å². The Hall–Kier alpha value is -2.63. The highest BCUT2D eigenvalue weighted by Crippen LogP contribution is 2.17. The molecule has 1 aromatic rings. The van der Waals surface area contributed by atoms with Crippen LogP contribution in [0.1, 0.15) is 18.9 Å². The number of urea groups is 1. The molecule has 0 saturated carbocycles. The van der Waals surface area contributed by atoms with Gasteiger partial charge in [-0.25, -0.2) is 4.79 Å². The zero-order valence-electron chi connectivity index (χ0n) is 12.0. The SMILES string of the molecule is CCCN1C(=N)C(=Cc2ccc(OC)cc2)C(=O)NC1=O. The van der Waals surface area contributed by atoms with Gasteiger partial charge in [-0.2, -0.15) is 0 Å². The number of ether oxygens (including phenoxy) is 1. The molecule has 6 nitrogen and oxygen atoms in total. The summed E-state index contributed by atoms with van der Waals surface area (Å²) in [4.78, 5) is 24.9. The first-order valence-electron chi connectivity index (χ1n) is 6.64. The number of imide groups is 1. The summed E-state index contributed by atoms with van der Waals surface area (Å²) in [6, 6.07) is 6.57. The van der Waals surface area contributed by atoms with Crippen LogP contribution in [0, 0.1) is 5.41 Å². The monoisotopic (exact) mass is 287 g/mol. The van der Waals surface area contributed by atoms with Gasteiger partial charge in [0.2, 0.25) is 0 Å². The molecule has 0 atom stereocenters. The molecule has 3 amide bonds. The number of nitrogens with zero attached hydrogens (tertiary/aromatic N) is 1. The van der Waals surface area contributed by atoms with Crippen molar-refractivity contribution in [2.24, 2.45) is 0 Å². The van der Waals surface area contributed by atoms with Crippen LogP contribution < -0.4 is 10.1 Å². The Labute approximate surface area is 122 Å². The maximum absolute atomic E-state index is 11.9. The molecule has 0 radical (unpaired) electrons. The van der Waals surface area contributed by atoms with Crippen molar-refractivity contribution in [1.82, 2.24) is 10.2 Å². The lowest BCUT2D eigenvalue weighted by atomic mass is 10.1. The van der Waals surface area contributed by atoms with Gasteiger partial charge in [0.1, 0.15) is 11.6 Å². The summed E-state index contributed by atoms with van der Waals surface area (Å²) in [5, 5.41) is 10.3. The van der Waals surface area contributed by atoms with Gasteiger partial charge in [0.25, 0.3) is 5.91 Å². The van der Waals surface area contributed by atoms with Gasteiger partial charge in [0.05, 0.1) is 12.7 Å². The molecule has 21 heavy (non-hydrogen) atoms. The number of carbonyl (C=O) groups excluding carboxylic acids is 2. The van der Waals surface area contributed by atoms with E-state index in [1.54, 1.807) is 37.5 Å². The van der Waals surface area contributed by atoms with E-state index in [1.807, 2.05) is 6.92 Å². The van der Waals surface area contributed by atoms with Crippen LogP contribution in [-0.4, -0.2) is 36.3 Å². The average Bonchev–Trinajstić information content (AvgIpc) is 2.48. The minimum absolute atomic E-state index is 0.0681. The van der Waals surface area contributed by atoms with Gasteiger partial charge in [-0.05, 0) is 30.2 Å². The van der Waals surface area contributed by atoms with Crippen LogP contribution >= 0.6 is 0 Å². The summed E-state index contributed by atoms with van der Waals surface area (Å²) in [5.74, 6) is 0.0951. The highest BCUT2D eigenvalue weighted by molar-refractivity contribution is 6.31. The first kappa shape index (κ1) is 14.8. The van der Waals surface area contributed by atoms with Crippen LogP contribution in [0.4, 0.5) is 4.79 Å². The van der Waals surface area contributed by atoms with Crippen molar-refractivity contribution >= 4 is 23.8 Å². The molecule has 2 N–H and O–H groups in total. The van der Waals surface area contributed by atoms with Gasteiger partial charge in [-0.1, -0.05) is 19.1 Å². The molecule has 0 spiro atoms. The predicted molar refractivity (Wildman–Crippen MR) is 79.2 cm³/mol. The summed E-state index contributed by atoms with van der Waals surface area (Å²) in [7, 11) is 1.58. The van der Waals surface area contributed by atoms with Gasteiger partial charge >= 0.3 is 6.03 Å². The van der Waals surface area contributed by atoms with Crippen LogP contribution in [0.5, 0.6) is 5.75 Å². The number of amides is 3. The lowest BCUT2D eigenvalue weighted by Gasteiger charge is -2.28. The molecule has 1 aromatic carbocycles. The van der Waals surface area contributed by atoms with Crippen molar-refractivity contribution in [2.75, 3.05) is 13.7 Å². The molecule has 1 saturated heterocycles. The minimum Gasteiger partial charge on any atom is -0.497 e. The third-order valence-electron chi connectivity index (χ3n) is 3.11. The Morgan fingerprint density at radius 2 is 1.95 bits per heavy atom. The summed E-state index contributed by atoms with van der Waals surface area (Å²) in [5.41, 5.74) is 0.935. The molecule has 2 rings (SSSR count). The maximum atomic E-state index is 11.9. The Kier molecular flexibility index (Phi) is 4.37. The van der Waals surface area contributed by atoms with Gasteiger partial charge in [0, 0.05) is 6.54 Å². The number of hydrogen-bond acceptors (Lipinski definition) is 4. The second kappa shape index (κ2) is 6.21. The second-order valence-electron chi connectivity index (χ2n) is 4.59. The third kappa shape index (κ3) is 3.10. The minimum atomic E-state index is -0.548. The number of benzene rings is 1. The fourth-order valence-corrected chi connectivity index (χ4v) is 2.02. The predicted octanol–water partition coefficient (Wildman–Crippen LogP) is 2.02. The van der Waals surface area contributed by atoms with E-state index in [0.29, 0.717) is 18.7 Å². The molecule has 0 aliphatic carbocycles. The molecular formula is C15H17N3O3. The van der Waals surface area contributed by atoms with E-state index in [-0.39, 0.29) is 11.4 Å². The fourth-order valence-electron chi connectivity index (χ4n) is 2.02. The van der Waals surface area contributed by atoms with Crippen molar-refractivity contribution in [3.8, 4) is 5.75 Å². The number of methoxy groups -OCH3 is 1. The van der Waals surface area contributed by atoms with E-state index in [2.05, 4.69) is 5.32 Å². The molecular weight excluding hydrogens is 270 g/mol. The third-order valence-corrected chi connectivity index (χ3v) is 3.11. The topological polar surface area (TPSA) is 82.5 Å². The first-order valence-corrected chi connectivity index (χ1v) is 6.64. The molecule has 1 fully saturated rings. The van der Waals surface area contributed by atoms with Gasteiger partial charge in [-0.3, -0.25) is 20.4 Å². The lowest BCUT2D eigenvalue weighted by Crippen LogP contribution is -2.54. The van der Waals surface area contributed by atoms with Crippen molar-refractivity contribution in [3.63, 3.8) is 0 Å². The summed E-state index contributed by atoms with van der Waals surface area (Å²) in [6.07, 6.45) is 2.30. The molecule has 1 aliphatic heterocycles. The Morgan fingerprint density at radius 1 is 1.29 bits per heavy atom. The van der Waals surface area contributed by atoms with Gasteiger partial charge < -0.3 is 4.74 Å². The zero-order valence-corrected chi connectivity index (χ0v) is 12.0. The van der Waals surface area contributed by atoms with E-state index >= 15 is 0 Å².